The minimum atomic E-state index is 0.788. The molecule has 0 fully saturated rings. The number of thiazole rings is 1. The van der Waals surface area contributed by atoms with Gasteiger partial charge in [-0.25, -0.2) is 15.0 Å². The number of rotatable bonds is 5. The molecule has 4 heterocycles. The first-order chi connectivity index (χ1) is 13.3. The summed E-state index contributed by atoms with van der Waals surface area (Å²) in [5.74, 6) is 0.827. The SMILES string of the molecule is CCn1ccc2ncnc(Nc3ccc4c(ccn4Cc4cscn4)c3)c21. The molecule has 0 amide bonds. The molecule has 0 aliphatic heterocycles. The number of hydrogen-bond acceptors (Lipinski definition) is 5. The van der Waals surface area contributed by atoms with E-state index < -0.39 is 0 Å². The lowest BCUT2D eigenvalue weighted by molar-refractivity contribution is 0.796. The van der Waals surface area contributed by atoms with Gasteiger partial charge in [0.2, 0.25) is 0 Å². The van der Waals surface area contributed by atoms with Gasteiger partial charge in [0.15, 0.2) is 5.82 Å². The standard InChI is InChI=1S/C20H18N6S/c1-2-25-8-6-17-19(25)20(22-12-21-17)24-15-3-4-18-14(9-15)5-7-26(18)10-16-11-27-13-23-16/h3-9,11-13H,2,10H2,1H3,(H,21,22,24). The molecule has 0 bridgehead atoms. The number of nitrogens with one attached hydrogen (secondary N) is 1. The van der Waals surface area contributed by atoms with Crippen LogP contribution in [0.3, 0.4) is 0 Å². The van der Waals surface area contributed by atoms with Crippen molar-refractivity contribution in [3.05, 3.63) is 65.6 Å². The maximum Gasteiger partial charge on any atom is 0.158 e. The number of aromatic nitrogens is 5. The van der Waals surface area contributed by atoms with Gasteiger partial charge in [-0.1, -0.05) is 0 Å². The monoisotopic (exact) mass is 374 g/mol. The highest BCUT2D eigenvalue weighted by Crippen LogP contribution is 2.27. The number of hydrogen-bond donors (Lipinski definition) is 1. The number of anilines is 2. The van der Waals surface area contributed by atoms with Gasteiger partial charge in [0.25, 0.3) is 0 Å². The fraction of sp³-hybridized carbons (Fsp3) is 0.150. The zero-order valence-electron chi connectivity index (χ0n) is 14.8. The second-order valence-corrected chi connectivity index (χ2v) is 7.10. The van der Waals surface area contributed by atoms with Crippen LogP contribution in [0.1, 0.15) is 12.6 Å². The van der Waals surface area contributed by atoms with Gasteiger partial charge in [-0.15, -0.1) is 11.3 Å². The lowest BCUT2D eigenvalue weighted by Gasteiger charge is -2.10. The molecule has 6 nitrogen and oxygen atoms in total. The molecule has 0 atom stereocenters. The molecule has 134 valence electrons. The highest BCUT2D eigenvalue weighted by molar-refractivity contribution is 7.07. The molecule has 27 heavy (non-hydrogen) atoms. The molecule has 0 saturated carbocycles. The van der Waals surface area contributed by atoms with E-state index in [1.54, 1.807) is 17.7 Å². The van der Waals surface area contributed by atoms with Gasteiger partial charge in [-0.2, -0.15) is 0 Å². The van der Waals surface area contributed by atoms with Crippen molar-refractivity contribution in [2.75, 3.05) is 5.32 Å². The number of aryl methyl sites for hydroxylation is 1. The van der Waals surface area contributed by atoms with Crippen LogP contribution >= 0.6 is 11.3 Å². The summed E-state index contributed by atoms with van der Waals surface area (Å²) in [5.41, 5.74) is 7.14. The van der Waals surface area contributed by atoms with E-state index in [1.165, 1.54) is 10.9 Å². The first-order valence-corrected chi connectivity index (χ1v) is 9.79. The minimum Gasteiger partial charge on any atom is -0.343 e. The Morgan fingerprint density at radius 2 is 1.96 bits per heavy atom. The third-order valence-corrected chi connectivity index (χ3v) is 5.38. The molecule has 0 unspecified atom stereocenters. The van der Waals surface area contributed by atoms with E-state index in [9.17, 15) is 0 Å². The number of fused-ring (bicyclic) bond motifs is 2. The van der Waals surface area contributed by atoms with Crippen LogP contribution in [0.4, 0.5) is 11.5 Å². The molecule has 0 aliphatic rings. The Kier molecular flexibility index (Phi) is 3.86. The van der Waals surface area contributed by atoms with E-state index in [0.717, 1.165) is 41.3 Å². The van der Waals surface area contributed by atoms with Crippen molar-refractivity contribution in [2.24, 2.45) is 0 Å². The van der Waals surface area contributed by atoms with Crippen LogP contribution in [-0.4, -0.2) is 24.1 Å². The predicted molar refractivity (Wildman–Crippen MR) is 110 cm³/mol. The molecule has 1 aromatic carbocycles. The van der Waals surface area contributed by atoms with Crippen molar-refractivity contribution in [1.82, 2.24) is 24.1 Å². The van der Waals surface area contributed by atoms with Crippen LogP contribution in [0.15, 0.2) is 59.9 Å². The van der Waals surface area contributed by atoms with Crippen molar-refractivity contribution in [2.45, 2.75) is 20.0 Å². The molecule has 4 aromatic heterocycles. The van der Waals surface area contributed by atoms with Crippen molar-refractivity contribution >= 4 is 44.8 Å². The molecular weight excluding hydrogens is 356 g/mol. The van der Waals surface area contributed by atoms with Gasteiger partial charge in [-0.3, -0.25) is 0 Å². The van der Waals surface area contributed by atoms with Crippen molar-refractivity contribution < 1.29 is 0 Å². The van der Waals surface area contributed by atoms with Crippen LogP contribution < -0.4 is 5.32 Å². The molecule has 1 N–H and O–H groups in total. The summed E-state index contributed by atoms with van der Waals surface area (Å²) in [7, 11) is 0. The normalized spacial score (nSPS) is 11.4. The summed E-state index contributed by atoms with van der Waals surface area (Å²) < 4.78 is 4.37. The highest BCUT2D eigenvalue weighted by Gasteiger charge is 2.10. The minimum absolute atomic E-state index is 0.788. The molecule has 0 spiro atoms. The first-order valence-electron chi connectivity index (χ1n) is 8.84. The largest absolute Gasteiger partial charge is 0.343 e. The summed E-state index contributed by atoms with van der Waals surface area (Å²) in [6.45, 7) is 3.79. The zero-order valence-corrected chi connectivity index (χ0v) is 15.6. The van der Waals surface area contributed by atoms with Gasteiger partial charge in [0.1, 0.15) is 11.8 Å². The second kappa shape index (κ2) is 6.51. The summed E-state index contributed by atoms with van der Waals surface area (Å²) in [5, 5.41) is 6.74. The van der Waals surface area contributed by atoms with E-state index >= 15 is 0 Å². The molecule has 0 radical (unpaired) electrons. The molecule has 7 heteroatoms. The lowest BCUT2D eigenvalue weighted by Crippen LogP contribution is -2.00. The summed E-state index contributed by atoms with van der Waals surface area (Å²) in [4.78, 5) is 13.2. The van der Waals surface area contributed by atoms with Crippen LogP contribution in [0.2, 0.25) is 0 Å². The van der Waals surface area contributed by atoms with Crippen LogP contribution in [0, 0.1) is 0 Å². The molecule has 0 saturated heterocycles. The second-order valence-electron chi connectivity index (χ2n) is 6.38. The Labute approximate surface area is 160 Å². The topological polar surface area (TPSA) is 60.6 Å². The Morgan fingerprint density at radius 3 is 2.81 bits per heavy atom. The average molecular weight is 374 g/mol. The fourth-order valence-electron chi connectivity index (χ4n) is 3.43. The first kappa shape index (κ1) is 16.0. The van der Waals surface area contributed by atoms with E-state index in [4.69, 9.17) is 0 Å². The van der Waals surface area contributed by atoms with Gasteiger partial charge in [0.05, 0.1) is 23.3 Å². The maximum absolute atomic E-state index is 4.46. The van der Waals surface area contributed by atoms with Crippen LogP contribution in [0.25, 0.3) is 21.9 Å². The van der Waals surface area contributed by atoms with E-state index in [-0.39, 0.29) is 0 Å². The molecule has 5 aromatic rings. The van der Waals surface area contributed by atoms with Gasteiger partial charge < -0.3 is 14.5 Å². The molecule has 5 rings (SSSR count). The van der Waals surface area contributed by atoms with Crippen molar-refractivity contribution in [3.63, 3.8) is 0 Å². The smallest absolute Gasteiger partial charge is 0.158 e. The van der Waals surface area contributed by atoms with Crippen molar-refractivity contribution in [3.8, 4) is 0 Å². The predicted octanol–water partition coefficient (Wildman–Crippen LogP) is 4.65. The summed E-state index contributed by atoms with van der Waals surface area (Å²) in [6, 6.07) is 10.5. The zero-order chi connectivity index (χ0) is 18.2. The van der Waals surface area contributed by atoms with Gasteiger partial charge in [0, 0.05) is 40.9 Å². The van der Waals surface area contributed by atoms with E-state index in [0.29, 0.717) is 0 Å². The average Bonchev–Trinajstić information content (AvgIpc) is 3.42. The Morgan fingerprint density at radius 1 is 1.04 bits per heavy atom. The number of nitrogens with zero attached hydrogens (tertiary/aromatic N) is 5. The lowest BCUT2D eigenvalue weighted by atomic mass is 10.2. The molecular formula is C20H18N6S. The van der Waals surface area contributed by atoms with Crippen LogP contribution in [-0.2, 0) is 13.1 Å². The van der Waals surface area contributed by atoms with Gasteiger partial charge in [-0.05, 0) is 37.3 Å². The Bertz CT molecular complexity index is 1220. The quantitative estimate of drug-likeness (QED) is 0.486. The van der Waals surface area contributed by atoms with Crippen molar-refractivity contribution in [1.29, 1.82) is 0 Å². The third kappa shape index (κ3) is 2.86. The Balaban J connectivity index is 1.49. The summed E-state index contributed by atoms with van der Waals surface area (Å²) >= 11 is 1.63. The Hall–Kier alpha value is -3.19. The fourth-order valence-corrected chi connectivity index (χ4v) is 3.98. The highest BCUT2D eigenvalue weighted by atomic mass is 32.1. The van der Waals surface area contributed by atoms with Crippen LogP contribution in [0.5, 0.6) is 0 Å². The van der Waals surface area contributed by atoms with Gasteiger partial charge >= 0.3 is 0 Å². The maximum atomic E-state index is 4.46. The number of benzene rings is 1. The van der Waals surface area contributed by atoms with E-state index in [2.05, 4.69) is 72.2 Å². The summed E-state index contributed by atoms with van der Waals surface area (Å²) in [6.07, 6.45) is 5.76. The third-order valence-electron chi connectivity index (χ3n) is 4.74. The van der Waals surface area contributed by atoms with E-state index in [1.807, 2.05) is 17.8 Å². The molecule has 0 aliphatic carbocycles.